The van der Waals surface area contributed by atoms with Gasteiger partial charge in [0.1, 0.15) is 0 Å². The van der Waals surface area contributed by atoms with E-state index in [4.69, 9.17) is 0 Å². The fourth-order valence-corrected chi connectivity index (χ4v) is 5.34. The second-order valence-electron chi connectivity index (χ2n) is 10.5. The first-order valence-corrected chi connectivity index (χ1v) is 13.3. The predicted octanol–water partition coefficient (Wildman–Crippen LogP) is 3.10. The first-order valence-electron chi connectivity index (χ1n) is 13.3. The molecule has 0 aliphatic carbocycles. The van der Waals surface area contributed by atoms with Crippen molar-refractivity contribution < 1.29 is 14.7 Å². The molecule has 1 atom stereocenters. The van der Waals surface area contributed by atoms with Gasteiger partial charge in [0.2, 0.25) is 0 Å². The summed E-state index contributed by atoms with van der Waals surface area (Å²) in [6.07, 6.45) is 1.09. The number of aliphatic hydroxyl groups is 1. The van der Waals surface area contributed by atoms with Crippen molar-refractivity contribution in [1.82, 2.24) is 15.1 Å². The van der Waals surface area contributed by atoms with Crippen molar-refractivity contribution in [3.63, 3.8) is 0 Å². The molecule has 2 N–H and O–H groups in total. The third kappa shape index (κ3) is 5.90. The molecule has 7 heteroatoms. The van der Waals surface area contributed by atoms with Gasteiger partial charge in [-0.25, -0.2) is 0 Å². The highest BCUT2D eigenvalue weighted by Crippen LogP contribution is 2.23. The van der Waals surface area contributed by atoms with Crippen LogP contribution in [0.5, 0.6) is 0 Å². The maximum absolute atomic E-state index is 13.1. The van der Waals surface area contributed by atoms with Crippen LogP contribution < -0.4 is 10.2 Å². The third-order valence-corrected chi connectivity index (χ3v) is 7.58. The summed E-state index contributed by atoms with van der Waals surface area (Å²) < 4.78 is 0. The third-order valence-electron chi connectivity index (χ3n) is 7.58. The number of fused-ring (bicyclic) bond motifs is 2. The predicted molar refractivity (Wildman–Crippen MR) is 149 cm³/mol. The highest BCUT2D eigenvalue weighted by Gasteiger charge is 2.23. The van der Waals surface area contributed by atoms with Crippen LogP contribution in [0.4, 0.5) is 5.69 Å². The Morgan fingerprint density at radius 1 is 0.868 bits per heavy atom. The smallest absolute Gasteiger partial charge is 0.254 e. The Kier molecular flexibility index (Phi) is 7.77. The molecule has 3 aromatic rings. The molecule has 2 aliphatic rings. The van der Waals surface area contributed by atoms with Gasteiger partial charge in [-0.15, -0.1) is 0 Å². The minimum absolute atomic E-state index is 0.000677. The number of carbonyl (C=O) groups is 2. The molecule has 1 unspecified atom stereocenters. The van der Waals surface area contributed by atoms with E-state index < -0.39 is 6.10 Å². The van der Waals surface area contributed by atoms with Crippen LogP contribution in [0.25, 0.3) is 0 Å². The van der Waals surface area contributed by atoms with Crippen molar-refractivity contribution in [2.75, 3.05) is 45.2 Å². The second-order valence-corrected chi connectivity index (χ2v) is 10.5. The molecule has 38 heavy (non-hydrogen) atoms. The molecule has 198 valence electrons. The van der Waals surface area contributed by atoms with Gasteiger partial charge in [-0.1, -0.05) is 30.3 Å². The van der Waals surface area contributed by atoms with E-state index in [1.54, 1.807) is 0 Å². The summed E-state index contributed by atoms with van der Waals surface area (Å²) >= 11 is 0. The Morgan fingerprint density at radius 2 is 1.55 bits per heavy atom. The van der Waals surface area contributed by atoms with Crippen molar-refractivity contribution >= 4 is 17.5 Å². The Labute approximate surface area is 224 Å². The van der Waals surface area contributed by atoms with Crippen LogP contribution in [-0.4, -0.2) is 73.1 Å². The highest BCUT2D eigenvalue weighted by atomic mass is 16.3. The Morgan fingerprint density at radius 3 is 2.32 bits per heavy atom. The number of rotatable bonds is 7. The van der Waals surface area contributed by atoms with E-state index in [9.17, 15) is 14.7 Å². The summed E-state index contributed by atoms with van der Waals surface area (Å²) in [6.45, 7) is 3.57. The molecule has 2 heterocycles. The van der Waals surface area contributed by atoms with E-state index in [0.717, 1.165) is 37.2 Å². The lowest BCUT2D eigenvalue weighted by Gasteiger charge is -2.30. The molecule has 0 fully saturated rings. The average Bonchev–Trinajstić information content (AvgIpc) is 2.95. The quantitative estimate of drug-likeness (QED) is 0.509. The van der Waals surface area contributed by atoms with Crippen LogP contribution in [-0.2, 0) is 25.9 Å². The Hall–Kier alpha value is -3.68. The Bertz CT molecular complexity index is 1300. The number of benzene rings is 3. The van der Waals surface area contributed by atoms with Crippen molar-refractivity contribution in [1.29, 1.82) is 0 Å². The van der Waals surface area contributed by atoms with Gasteiger partial charge in [0.25, 0.3) is 11.8 Å². The van der Waals surface area contributed by atoms with Gasteiger partial charge < -0.3 is 20.2 Å². The molecule has 2 aliphatic heterocycles. The van der Waals surface area contributed by atoms with Gasteiger partial charge in [-0.3, -0.25) is 14.5 Å². The van der Waals surface area contributed by atoms with E-state index in [1.165, 1.54) is 16.7 Å². The minimum atomic E-state index is -0.645. The number of anilines is 1. The molecule has 7 nitrogen and oxygen atoms in total. The zero-order chi connectivity index (χ0) is 26.6. The summed E-state index contributed by atoms with van der Waals surface area (Å²) in [5.74, 6) is -0.210. The first kappa shape index (κ1) is 25.9. The van der Waals surface area contributed by atoms with Crippen molar-refractivity contribution in [2.45, 2.75) is 32.0 Å². The summed E-state index contributed by atoms with van der Waals surface area (Å²) in [6, 6.07) is 21.8. The topological polar surface area (TPSA) is 76.1 Å². The van der Waals surface area contributed by atoms with Gasteiger partial charge >= 0.3 is 0 Å². The standard InChI is InChI=1S/C31H36N4O3/c1-33(2)28-11-9-24(10-12-28)31(38)35-16-14-23-7-8-25(17-27(23)20-35)30(37)32-18-29(36)21-34-15-13-22-5-3-4-6-26(22)19-34/h3-12,17,29,36H,13-16,18-21H2,1-2H3,(H,32,37). The number of nitrogens with one attached hydrogen (secondary N) is 1. The summed E-state index contributed by atoms with van der Waals surface area (Å²) in [7, 11) is 3.95. The average molecular weight is 513 g/mol. The molecule has 0 saturated heterocycles. The number of β-amino-alcohol motifs (C(OH)–C–C–N with tert-alkyl or cyclic N) is 1. The Balaban J connectivity index is 1.15. The fraction of sp³-hybridized carbons (Fsp3) is 0.355. The normalized spacial score (nSPS) is 15.8. The molecule has 0 bridgehead atoms. The molecule has 3 aromatic carbocycles. The van der Waals surface area contributed by atoms with Crippen LogP contribution in [0.1, 0.15) is 43.0 Å². The summed E-state index contributed by atoms with van der Waals surface area (Å²) in [5, 5.41) is 13.5. The van der Waals surface area contributed by atoms with Crippen LogP contribution in [0.3, 0.4) is 0 Å². The van der Waals surface area contributed by atoms with Crippen molar-refractivity contribution in [3.8, 4) is 0 Å². The lowest BCUT2D eigenvalue weighted by molar-refractivity contribution is 0.0734. The summed E-state index contributed by atoms with van der Waals surface area (Å²) in [5.41, 5.74) is 7.11. The zero-order valence-electron chi connectivity index (χ0n) is 22.2. The van der Waals surface area contributed by atoms with Crippen LogP contribution in [0.2, 0.25) is 0 Å². The molecule has 0 spiro atoms. The number of amides is 2. The van der Waals surface area contributed by atoms with E-state index in [-0.39, 0.29) is 18.4 Å². The molecule has 5 rings (SSSR count). The van der Waals surface area contributed by atoms with Crippen LogP contribution in [0, 0.1) is 0 Å². The number of nitrogens with zero attached hydrogens (tertiary/aromatic N) is 3. The van der Waals surface area contributed by atoms with Gasteiger partial charge in [-0.05, 0) is 71.5 Å². The largest absolute Gasteiger partial charge is 0.390 e. The number of aliphatic hydroxyl groups excluding tert-OH is 1. The van der Waals surface area contributed by atoms with Crippen LogP contribution in [0.15, 0.2) is 66.7 Å². The number of carbonyl (C=O) groups excluding carboxylic acids is 2. The molecule has 0 saturated carbocycles. The monoisotopic (exact) mass is 512 g/mol. The first-order chi connectivity index (χ1) is 18.4. The maximum atomic E-state index is 13.1. The SMILES string of the molecule is CN(C)c1ccc(C(=O)N2CCc3ccc(C(=O)NCC(O)CN4CCc5ccccc5C4)cc3C2)cc1. The molecule has 0 aromatic heterocycles. The number of hydrogen-bond acceptors (Lipinski definition) is 5. The van der Waals surface area contributed by atoms with Gasteiger partial charge in [0.15, 0.2) is 0 Å². The van der Waals surface area contributed by atoms with Crippen molar-refractivity contribution in [3.05, 3.63) is 100 Å². The molecular formula is C31H36N4O3. The van der Waals surface area contributed by atoms with Gasteiger partial charge in [0.05, 0.1) is 6.10 Å². The van der Waals surface area contributed by atoms with Gasteiger partial charge in [-0.2, -0.15) is 0 Å². The molecular weight excluding hydrogens is 476 g/mol. The summed E-state index contributed by atoms with van der Waals surface area (Å²) in [4.78, 5) is 32.1. The lowest BCUT2D eigenvalue weighted by atomic mass is 9.96. The highest BCUT2D eigenvalue weighted by molar-refractivity contribution is 5.95. The van der Waals surface area contributed by atoms with E-state index in [1.807, 2.05) is 66.4 Å². The van der Waals surface area contributed by atoms with E-state index in [0.29, 0.717) is 30.8 Å². The lowest BCUT2D eigenvalue weighted by Crippen LogP contribution is -2.42. The molecule has 0 radical (unpaired) electrons. The fourth-order valence-electron chi connectivity index (χ4n) is 5.34. The minimum Gasteiger partial charge on any atom is -0.390 e. The second kappa shape index (κ2) is 11.4. The van der Waals surface area contributed by atoms with E-state index in [2.05, 4.69) is 34.5 Å². The van der Waals surface area contributed by atoms with E-state index >= 15 is 0 Å². The van der Waals surface area contributed by atoms with Crippen molar-refractivity contribution in [2.24, 2.45) is 0 Å². The zero-order valence-corrected chi connectivity index (χ0v) is 22.2. The van der Waals surface area contributed by atoms with Crippen LogP contribution >= 0.6 is 0 Å². The number of hydrogen-bond donors (Lipinski definition) is 2. The maximum Gasteiger partial charge on any atom is 0.254 e. The molecule has 2 amide bonds. The van der Waals surface area contributed by atoms with Gasteiger partial charge in [0, 0.05) is 70.2 Å².